The van der Waals surface area contributed by atoms with Gasteiger partial charge in [-0.1, -0.05) is 24.3 Å². The minimum Gasteiger partial charge on any atom is -0.289 e. The number of hydrogen-bond donors (Lipinski definition) is 0. The number of carbonyl (C=O) groups is 1. The quantitative estimate of drug-likeness (QED) is 0.693. The summed E-state index contributed by atoms with van der Waals surface area (Å²) >= 11 is 0. The lowest BCUT2D eigenvalue weighted by Crippen LogP contribution is -2.04. The Bertz CT molecular complexity index is 480. The van der Waals surface area contributed by atoms with E-state index in [0.717, 1.165) is 5.56 Å². The molecular weight excluding hydrogens is 188 g/mol. The van der Waals surface area contributed by atoms with Crippen molar-refractivity contribution < 1.29 is 4.79 Å². The topological polar surface area (TPSA) is 42.9 Å². The summed E-state index contributed by atoms with van der Waals surface area (Å²) in [7, 11) is 0. The molecule has 0 spiro atoms. The van der Waals surface area contributed by atoms with Crippen molar-refractivity contribution in [1.82, 2.24) is 10.2 Å². The van der Waals surface area contributed by atoms with E-state index in [9.17, 15) is 4.79 Å². The Morgan fingerprint density at radius 2 is 1.93 bits per heavy atom. The van der Waals surface area contributed by atoms with Crippen LogP contribution >= 0.6 is 0 Å². The van der Waals surface area contributed by atoms with Crippen LogP contribution in [0, 0.1) is 6.92 Å². The number of nitrogens with zero attached hydrogens (tertiary/aromatic N) is 2. The zero-order valence-corrected chi connectivity index (χ0v) is 8.34. The van der Waals surface area contributed by atoms with Crippen LogP contribution in [0.2, 0.25) is 0 Å². The second kappa shape index (κ2) is 4.00. The molecule has 1 aromatic heterocycles. The van der Waals surface area contributed by atoms with Gasteiger partial charge in [-0.25, -0.2) is 0 Å². The molecule has 0 N–H and O–H groups in total. The Balaban J connectivity index is 2.42. The van der Waals surface area contributed by atoms with Crippen LogP contribution in [-0.2, 0) is 0 Å². The summed E-state index contributed by atoms with van der Waals surface area (Å²) in [6.45, 7) is 1.92. The number of carbonyl (C=O) groups excluding carboxylic acids is 1. The number of hydrogen-bond acceptors (Lipinski definition) is 3. The van der Waals surface area contributed by atoms with Crippen molar-refractivity contribution in [1.29, 1.82) is 0 Å². The van der Waals surface area contributed by atoms with E-state index in [1.165, 1.54) is 12.4 Å². The largest absolute Gasteiger partial charge is 0.289 e. The molecule has 0 saturated carbocycles. The maximum Gasteiger partial charge on any atom is 0.194 e. The van der Waals surface area contributed by atoms with E-state index in [1.807, 2.05) is 31.2 Å². The molecule has 0 fully saturated rings. The molecule has 0 unspecified atom stereocenters. The number of ketones is 1. The van der Waals surface area contributed by atoms with Crippen LogP contribution in [0.5, 0.6) is 0 Å². The van der Waals surface area contributed by atoms with Crippen LogP contribution in [0.3, 0.4) is 0 Å². The van der Waals surface area contributed by atoms with Gasteiger partial charge in [0.15, 0.2) is 5.78 Å². The normalized spacial score (nSPS) is 9.93. The van der Waals surface area contributed by atoms with Crippen LogP contribution < -0.4 is 0 Å². The first kappa shape index (κ1) is 9.52. The Morgan fingerprint density at radius 3 is 2.60 bits per heavy atom. The highest BCUT2D eigenvalue weighted by Gasteiger charge is 2.10. The molecule has 3 nitrogen and oxygen atoms in total. The molecule has 0 saturated heterocycles. The molecule has 2 aromatic rings. The molecule has 0 aliphatic heterocycles. The zero-order chi connectivity index (χ0) is 10.7. The molecule has 0 atom stereocenters. The van der Waals surface area contributed by atoms with Crippen molar-refractivity contribution in [3.63, 3.8) is 0 Å². The summed E-state index contributed by atoms with van der Waals surface area (Å²) in [4.78, 5) is 12.0. The predicted molar refractivity (Wildman–Crippen MR) is 56.6 cm³/mol. The van der Waals surface area contributed by atoms with Gasteiger partial charge in [-0.2, -0.15) is 10.2 Å². The minimum atomic E-state index is -0.0111. The molecule has 74 valence electrons. The molecule has 15 heavy (non-hydrogen) atoms. The van der Waals surface area contributed by atoms with E-state index >= 15 is 0 Å². The van der Waals surface area contributed by atoms with Gasteiger partial charge < -0.3 is 0 Å². The first-order valence-electron chi connectivity index (χ1n) is 4.66. The molecular formula is C12H10N2O. The molecule has 0 radical (unpaired) electrons. The van der Waals surface area contributed by atoms with Gasteiger partial charge in [0, 0.05) is 11.1 Å². The second-order valence-electron chi connectivity index (χ2n) is 3.28. The van der Waals surface area contributed by atoms with E-state index in [-0.39, 0.29) is 5.78 Å². The summed E-state index contributed by atoms with van der Waals surface area (Å²) in [6, 6.07) is 9.17. The lowest BCUT2D eigenvalue weighted by atomic mass is 10.0. The van der Waals surface area contributed by atoms with E-state index in [0.29, 0.717) is 11.1 Å². The molecule has 1 heterocycles. The molecule has 3 heteroatoms. The van der Waals surface area contributed by atoms with Gasteiger partial charge in [-0.05, 0) is 18.6 Å². The third-order valence-electron chi connectivity index (χ3n) is 2.24. The van der Waals surface area contributed by atoms with Crippen LogP contribution in [0.25, 0.3) is 0 Å². The maximum atomic E-state index is 12.0. The van der Waals surface area contributed by atoms with Crippen molar-refractivity contribution in [3.8, 4) is 0 Å². The standard InChI is InChI=1S/C12H10N2O/c1-9-4-2-3-5-11(9)12(15)10-6-7-13-14-8-10/h2-8H,1H3. The third kappa shape index (κ3) is 1.91. The zero-order valence-electron chi connectivity index (χ0n) is 8.34. The number of aromatic nitrogens is 2. The Labute approximate surface area is 87.8 Å². The molecule has 0 aliphatic carbocycles. The Kier molecular flexibility index (Phi) is 2.54. The predicted octanol–water partition coefficient (Wildman–Crippen LogP) is 2.02. The lowest BCUT2D eigenvalue weighted by molar-refractivity contribution is 0.103. The Hall–Kier alpha value is -2.03. The van der Waals surface area contributed by atoms with E-state index in [2.05, 4.69) is 10.2 Å². The summed E-state index contributed by atoms with van der Waals surface area (Å²) in [5.41, 5.74) is 2.25. The van der Waals surface area contributed by atoms with Crippen molar-refractivity contribution in [2.24, 2.45) is 0 Å². The highest BCUT2D eigenvalue weighted by molar-refractivity contribution is 6.09. The smallest absolute Gasteiger partial charge is 0.194 e. The first-order valence-corrected chi connectivity index (χ1v) is 4.66. The second-order valence-corrected chi connectivity index (χ2v) is 3.28. The van der Waals surface area contributed by atoms with Gasteiger partial charge in [0.1, 0.15) is 0 Å². The van der Waals surface area contributed by atoms with Crippen molar-refractivity contribution >= 4 is 5.78 Å². The first-order chi connectivity index (χ1) is 7.29. The average Bonchev–Trinajstić information content (AvgIpc) is 2.30. The molecule has 0 bridgehead atoms. The number of benzene rings is 1. The van der Waals surface area contributed by atoms with Gasteiger partial charge in [-0.3, -0.25) is 4.79 Å². The van der Waals surface area contributed by atoms with Crippen molar-refractivity contribution in [3.05, 3.63) is 59.4 Å². The maximum absolute atomic E-state index is 12.0. The Morgan fingerprint density at radius 1 is 1.13 bits per heavy atom. The van der Waals surface area contributed by atoms with Gasteiger partial charge in [0.05, 0.1) is 12.4 Å². The van der Waals surface area contributed by atoms with E-state index in [1.54, 1.807) is 6.07 Å². The minimum absolute atomic E-state index is 0.0111. The fourth-order valence-electron chi connectivity index (χ4n) is 1.41. The average molecular weight is 198 g/mol. The highest BCUT2D eigenvalue weighted by Crippen LogP contribution is 2.12. The highest BCUT2D eigenvalue weighted by atomic mass is 16.1. The summed E-state index contributed by atoms with van der Waals surface area (Å²) < 4.78 is 0. The monoisotopic (exact) mass is 198 g/mol. The number of rotatable bonds is 2. The van der Waals surface area contributed by atoms with Crippen LogP contribution in [-0.4, -0.2) is 16.0 Å². The van der Waals surface area contributed by atoms with Gasteiger partial charge in [0.2, 0.25) is 0 Å². The van der Waals surface area contributed by atoms with Crippen LogP contribution in [0.15, 0.2) is 42.7 Å². The lowest BCUT2D eigenvalue weighted by Gasteiger charge is -2.03. The van der Waals surface area contributed by atoms with Gasteiger partial charge in [0.25, 0.3) is 0 Å². The van der Waals surface area contributed by atoms with Crippen LogP contribution in [0.1, 0.15) is 21.5 Å². The van der Waals surface area contributed by atoms with E-state index < -0.39 is 0 Å². The molecule has 2 rings (SSSR count). The van der Waals surface area contributed by atoms with E-state index in [4.69, 9.17) is 0 Å². The SMILES string of the molecule is Cc1ccccc1C(=O)c1ccnnc1. The fraction of sp³-hybridized carbons (Fsp3) is 0.0833. The third-order valence-corrected chi connectivity index (χ3v) is 2.24. The van der Waals surface area contributed by atoms with Gasteiger partial charge >= 0.3 is 0 Å². The van der Waals surface area contributed by atoms with Gasteiger partial charge in [-0.15, -0.1) is 0 Å². The summed E-state index contributed by atoms with van der Waals surface area (Å²) in [5, 5.41) is 7.33. The van der Waals surface area contributed by atoms with Crippen molar-refractivity contribution in [2.75, 3.05) is 0 Å². The van der Waals surface area contributed by atoms with Crippen molar-refractivity contribution in [2.45, 2.75) is 6.92 Å². The molecule has 0 aliphatic rings. The molecule has 0 amide bonds. The summed E-state index contributed by atoms with van der Waals surface area (Å²) in [6.07, 6.45) is 3.00. The van der Waals surface area contributed by atoms with Crippen LogP contribution in [0.4, 0.5) is 0 Å². The fourth-order valence-corrected chi connectivity index (χ4v) is 1.41. The number of aryl methyl sites for hydroxylation is 1. The molecule has 1 aromatic carbocycles. The summed E-state index contributed by atoms with van der Waals surface area (Å²) in [5.74, 6) is -0.0111.